The van der Waals surface area contributed by atoms with E-state index in [0.29, 0.717) is 17.1 Å². The summed E-state index contributed by atoms with van der Waals surface area (Å²) in [5, 5.41) is 9.01. The molecule has 0 aliphatic heterocycles. The maximum Gasteiger partial charge on any atom is 0.337 e. The minimum Gasteiger partial charge on any atom is -0.478 e. The number of carboxylic acid groups (broad SMARTS) is 1. The number of ether oxygens (including phenoxy) is 2. The average molecular weight is 287 g/mol. The molecule has 0 aliphatic carbocycles. The van der Waals surface area contributed by atoms with E-state index in [2.05, 4.69) is 4.74 Å². The van der Waals surface area contributed by atoms with Crippen LogP contribution in [0.2, 0.25) is 0 Å². The molecule has 0 spiro atoms. The van der Waals surface area contributed by atoms with Crippen molar-refractivity contribution in [1.29, 1.82) is 0 Å². The Morgan fingerprint density at radius 1 is 1.10 bits per heavy atom. The van der Waals surface area contributed by atoms with Crippen molar-refractivity contribution < 1.29 is 24.2 Å². The second-order valence-electron chi connectivity index (χ2n) is 4.18. The van der Waals surface area contributed by atoms with Crippen molar-refractivity contribution in [3.05, 3.63) is 53.6 Å². The first-order valence-electron chi connectivity index (χ1n) is 6.00. The molecular formula is C15H13NO5. The van der Waals surface area contributed by atoms with E-state index in [1.807, 2.05) is 0 Å². The van der Waals surface area contributed by atoms with E-state index in [1.165, 1.54) is 25.3 Å². The molecule has 0 atom stereocenters. The fourth-order valence-corrected chi connectivity index (χ4v) is 1.72. The summed E-state index contributed by atoms with van der Waals surface area (Å²) in [6.45, 7) is 0. The van der Waals surface area contributed by atoms with Crippen molar-refractivity contribution in [2.75, 3.05) is 12.8 Å². The number of aromatic carboxylic acids is 1. The van der Waals surface area contributed by atoms with E-state index < -0.39 is 11.9 Å². The van der Waals surface area contributed by atoms with Gasteiger partial charge in [-0.05, 0) is 36.4 Å². The van der Waals surface area contributed by atoms with Gasteiger partial charge in [0.2, 0.25) is 0 Å². The number of carbonyl (C=O) groups is 2. The lowest BCUT2D eigenvalue weighted by atomic mass is 10.1. The summed E-state index contributed by atoms with van der Waals surface area (Å²) in [5.41, 5.74) is 6.01. The summed E-state index contributed by atoms with van der Waals surface area (Å²) in [6.07, 6.45) is 0. The molecule has 0 bridgehead atoms. The zero-order valence-electron chi connectivity index (χ0n) is 11.2. The van der Waals surface area contributed by atoms with E-state index in [1.54, 1.807) is 24.3 Å². The van der Waals surface area contributed by atoms with Crippen LogP contribution in [0.5, 0.6) is 11.5 Å². The third-order valence-electron chi connectivity index (χ3n) is 2.75. The van der Waals surface area contributed by atoms with Crippen LogP contribution in [0.4, 0.5) is 5.69 Å². The molecule has 2 aromatic rings. The maximum absolute atomic E-state index is 11.4. The molecule has 0 saturated heterocycles. The minimum absolute atomic E-state index is 0.0448. The van der Waals surface area contributed by atoms with Gasteiger partial charge in [0.1, 0.15) is 11.5 Å². The van der Waals surface area contributed by atoms with Crippen molar-refractivity contribution in [2.45, 2.75) is 0 Å². The monoisotopic (exact) mass is 287 g/mol. The van der Waals surface area contributed by atoms with Gasteiger partial charge in [0.25, 0.3) is 0 Å². The highest BCUT2D eigenvalue weighted by atomic mass is 16.5. The molecular weight excluding hydrogens is 274 g/mol. The second-order valence-corrected chi connectivity index (χ2v) is 4.18. The number of hydrogen-bond acceptors (Lipinski definition) is 5. The first kappa shape index (κ1) is 14.4. The predicted octanol–water partition coefficient (Wildman–Crippen LogP) is 2.55. The molecule has 108 valence electrons. The lowest BCUT2D eigenvalue weighted by Gasteiger charge is -2.09. The van der Waals surface area contributed by atoms with Crippen LogP contribution in [-0.4, -0.2) is 24.2 Å². The number of anilines is 1. The Balaban J connectivity index is 2.28. The number of rotatable bonds is 4. The van der Waals surface area contributed by atoms with Gasteiger partial charge in [0, 0.05) is 5.69 Å². The van der Waals surface area contributed by atoms with Crippen molar-refractivity contribution in [2.24, 2.45) is 0 Å². The first-order chi connectivity index (χ1) is 10.0. The smallest absolute Gasteiger partial charge is 0.337 e. The Bertz CT molecular complexity index is 696. The molecule has 0 saturated carbocycles. The lowest BCUT2D eigenvalue weighted by Crippen LogP contribution is -2.03. The summed E-state index contributed by atoms with van der Waals surface area (Å²) in [4.78, 5) is 22.4. The Hall–Kier alpha value is -3.02. The summed E-state index contributed by atoms with van der Waals surface area (Å²) in [7, 11) is 1.29. The van der Waals surface area contributed by atoms with Gasteiger partial charge in [-0.15, -0.1) is 0 Å². The van der Waals surface area contributed by atoms with Crippen molar-refractivity contribution in [3.63, 3.8) is 0 Å². The van der Waals surface area contributed by atoms with Gasteiger partial charge in [-0.3, -0.25) is 0 Å². The highest BCUT2D eigenvalue weighted by Gasteiger charge is 2.11. The zero-order valence-corrected chi connectivity index (χ0v) is 11.2. The number of benzene rings is 2. The highest BCUT2D eigenvalue weighted by Crippen LogP contribution is 2.26. The molecule has 0 heterocycles. The van der Waals surface area contributed by atoms with E-state index >= 15 is 0 Å². The number of carbonyl (C=O) groups excluding carboxylic acids is 1. The Morgan fingerprint density at radius 3 is 2.48 bits per heavy atom. The van der Waals surface area contributed by atoms with Gasteiger partial charge >= 0.3 is 11.9 Å². The van der Waals surface area contributed by atoms with Gasteiger partial charge in [0.15, 0.2) is 0 Å². The van der Waals surface area contributed by atoms with Crippen molar-refractivity contribution in [1.82, 2.24) is 0 Å². The van der Waals surface area contributed by atoms with Gasteiger partial charge in [-0.2, -0.15) is 0 Å². The molecule has 3 N–H and O–H groups in total. The fourth-order valence-electron chi connectivity index (χ4n) is 1.72. The number of carboxylic acids is 1. The van der Waals surface area contributed by atoms with Crippen LogP contribution in [0.15, 0.2) is 42.5 Å². The normalized spacial score (nSPS) is 9.95. The largest absolute Gasteiger partial charge is 0.478 e. The van der Waals surface area contributed by atoms with Crippen molar-refractivity contribution >= 4 is 17.6 Å². The number of methoxy groups -OCH3 is 1. The molecule has 0 fully saturated rings. The molecule has 2 rings (SSSR count). The van der Waals surface area contributed by atoms with E-state index in [4.69, 9.17) is 15.6 Å². The predicted molar refractivity (Wildman–Crippen MR) is 75.7 cm³/mol. The van der Waals surface area contributed by atoms with Crippen LogP contribution < -0.4 is 10.5 Å². The molecule has 2 aromatic carbocycles. The highest BCUT2D eigenvalue weighted by molar-refractivity contribution is 5.94. The Kier molecular flexibility index (Phi) is 4.08. The average Bonchev–Trinajstić information content (AvgIpc) is 2.48. The molecule has 0 amide bonds. The molecule has 0 aliphatic rings. The molecule has 6 heteroatoms. The zero-order chi connectivity index (χ0) is 15.4. The lowest BCUT2D eigenvalue weighted by molar-refractivity contribution is 0.0599. The van der Waals surface area contributed by atoms with Gasteiger partial charge in [-0.1, -0.05) is 6.07 Å². The van der Waals surface area contributed by atoms with Gasteiger partial charge < -0.3 is 20.3 Å². The number of esters is 1. The summed E-state index contributed by atoms with van der Waals surface area (Å²) < 4.78 is 10.2. The standard InChI is InChI=1S/C15H13NO5/c1-20-15(19)9-3-2-4-10(7-9)21-11-5-6-13(16)12(8-11)14(17)18/h2-8H,16H2,1H3,(H,17,18). The van der Waals surface area contributed by atoms with E-state index in [9.17, 15) is 9.59 Å². The van der Waals surface area contributed by atoms with E-state index in [-0.39, 0.29) is 11.3 Å². The fraction of sp³-hybridized carbons (Fsp3) is 0.0667. The quantitative estimate of drug-likeness (QED) is 0.662. The molecule has 0 radical (unpaired) electrons. The topological polar surface area (TPSA) is 98.9 Å². The molecule has 0 aromatic heterocycles. The van der Waals surface area contributed by atoms with Crippen LogP contribution in [0.25, 0.3) is 0 Å². The van der Waals surface area contributed by atoms with Crippen LogP contribution >= 0.6 is 0 Å². The van der Waals surface area contributed by atoms with Gasteiger partial charge in [0.05, 0.1) is 18.2 Å². The molecule has 6 nitrogen and oxygen atoms in total. The van der Waals surface area contributed by atoms with E-state index in [0.717, 1.165) is 0 Å². The number of hydrogen-bond donors (Lipinski definition) is 2. The minimum atomic E-state index is -1.14. The van der Waals surface area contributed by atoms with Crippen LogP contribution in [0.3, 0.4) is 0 Å². The Labute approximate surface area is 120 Å². The number of nitrogens with two attached hydrogens (primary N) is 1. The molecule has 0 unspecified atom stereocenters. The molecule has 21 heavy (non-hydrogen) atoms. The first-order valence-corrected chi connectivity index (χ1v) is 6.00. The summed E-state index contributed by atoms with van der Waals surface area (Å²) >= 11 is 0. The van der Waals surface area contributed by atoms with Crippen LogP contribution in [-0.2, 0) is 4.74 Å². The third-order valence-corrected chi connectivity index (χ3v) is 2.75. The summed E-state index contributed by atoms with van der Waals surface area (Å²) in [6, 6.07) is 10.7. The second kappa shape index (κ2) is 5.96. The van der Waals surface area contributed by atoms with Gasteiger partial charge in [-0.25, -0.2) is 9.59 Å². The van der Waals surface area contributed by atoms with Crippen molar-refractivity contribution in [3.8, 4) is 11.5 Å². The Morgan fingerprint density at radius 2 is 1.81 bits per heavy atom. The van der Waals surface area contributed by atoms with Crippen LogP contribution in [0.1, 0.15) is 20.7 Å². The SMILES string of the molecule is COC(=O)c1cccc(Oc2ccc(N)c(C(=O)O)c2)c1. The maximum atomic E-state index is 11.4. The number of nitrogen functional groups attached to an aromatic ring is 1. The third kappa shape index (κ3) is 3.30. The summed E-state index contributed by atoms with van der Waals surface area (Å²) in [5.74, 6) is -0.923. The van der Waals surface area contributed by atoms with Crippen LogP contribution in [0, 0.1) is 0 Å².